The van der Waals surface area contributed by atoms with Gasteiger partial charge in [-0.1, -0.05) is 37.7 Å². The van der Waals surface area contributed by atoms with Gasteiger partial charge in [-0.2, -0.15) is 0 Å². The van der Waals surface area contributed by atoms with Crippen LogP contribution in [-0.4, -0.2) is 221 Å². The average Bonchev–Trinajstić information content (AvgIpc) is 3.80. The van der Waals surface area contributed by atoms with Gasteiger partial charge in [0.1, 0.15) is 11.8 Å². The zero-order valence-electron chi connectivity index (χ0n) is 43.8. The SMILES string of the molecule is CCC1=C(C)C2=C(c3ccc(C(=O)NCCSc4nnc(NCCNC(=O)CCC(C(=O)O)N5CCN(CC(=O)O)CCN(CC(=O)O)CCN(CC(=O)O)CC5)nn4)cc3)c3c(C)c(CC)c(C)n3[B-](F)(F)[N+]2=C1C. The van der Waals surface area contributed by atoms with Gasteiger partial charge in [-0.25, -0.2) is 0 Å². The molecule has 6 rings (SSSR count). The summed E-state index contributed by atoms with van der Waals surface area (Å²) in [5, 5.41) is 63.7. The highest BCUT2D eigenvalue weighted by molar-refractivity contribution is 7.99. The van der Waals surface area contributed by atoms with Gasteiger partial charge >= 0.3 is 30.8 Å². The number of carbonyl (C=O) groups is 6. The number of benzene rings is 1. The van der Waals surface area contributed by atoms with Gasteiger partial charge in [-0.15, -0.1) is 20.4 Å². The fourth-order valence-corrected chi connectivity index (χ4v) is 11.0. The van der Waals surface area contributed by atoms with Crippen LogP contribution in [0.25, 0.3) is 5.57 Å². The lowest BCUT2D eigenvalue weighted by molar-refractivity contribution is -0.363. The lowest BCUT2D eigenvalue weighted by Crippen LogP contribution is -2.52. The predicted molar refractivity (Wildman–Crippen MR) is 280 cm³/mol. The standard InChI is InChI=1S/C49H68BF2N13O10S/c1-7-36-30(3)44-43(45-31(4)37(8-2)33(6)65(45)50(51,52)64(44)32(36)5)34-9-11-35(12-10-34)46(73)54-17-26-76-49-58-56-48(57-59-49)55-16-15-53-39(66)14-13-38(47(74)75)63-24-22-61(28-41(69)70)20-18-60(27-40(67)68)19-21-62(23-25-63)29-42(71)72/h9-12,38H,7-8,13-29H2,1-6H3,(H,53,66)(H,54,73)(H,67,68)(H,69,70)(H,71,72)(H,74,75)(H,55,56,57). The number of halogens is 2. The number of carboxylic acids is 4. The van der Waals surface area contributed by atoms with Crippen LogP contribution in [0.15, 0.2) is 46.3 Å². The molecular weight excluding hydrogens is 1010 g/mol. The van der Waals surface area contributed by atoms with Gasteiger partial charge in [0.05, 0.1) is 25.2 Å². The van der Waals surface area contributed by atoms with E-state index in [0.29, 0.717) is 52.5 Å². The summed E-state index contributed by atoms with van der Waals surface area (Å²) in [5.74, 6) is -4.77. The van der Waals surface area contributed by atoms with Crippen molar-refractivity contribution in [3.63, 3.8) is 0 Å². The zero-order chi connectivity index (χ0) is 55.4. The van der Waals surface area contributed by atoms with E-state index in [1.54, 1.807) is 45.6 Å². The number of aliphatic carboxylic acids is 4. The summed E-state index contributed by atoms with van der Waals surface area (Å²) in [6, 6.07) is 5.87. The Morgan fingerprint density at radius 2 is 1.29 bits per heavy atom. The highest BCUT2D eigenvalue weighted by Gasteiger charge is 2.56. The number of rotatable bonds is 23. The van der Waals surface area contributed by atoms with Crippen molar-refractivity contribution in [2.45, 2.75) is 78.4 Å². The molecule has 412 valence electrons. The summed E-state index contributed by atoms with van der Waals surface area (Å²) in [6.45, 7) is 7.81. The van der Waals surface area contributed by atoms with E-state index in [4.69, 9.17) is 0 Å². The van der Waals surface area contributed by atoms with Crippen LogP contribution in [0.5, 0.6) is 0 Å². The summed E-state index contributed by atoms with van der Waals surface area (Å²) in [5.41, 5.74) is 7.42. The molecule has 0 aliphatic carbocycles. The van der Waals surface area contributed by atoms with Crippen molar-refractivity contribution >= 4 is 71.7 Å². The van der Waals surface area contributed by atoms with Gasteiger partial charge in [-0.3, -0.25) is 48.4 Å². The van der Waals surface area contributed by atoms with Crippen LogP contribution >= 0.6 is 11.8 Å². The van der Waals surface area contributed by atoms with E-state index in [9.17, 15) is 49.2 Å². The van der Waals surface area contributed by atoms with Crippen LogP contribution in [-0.2, 0) is 30.4 Å². The maximum absolute atomic E-state index is 16.6. The van der Waals surface area contributed by atoms with E-state index < -0.39 is 42.8 Å². The number of hydrogen-bond acceptors (Lipinski definition) is 16. The minimum absolute atomic E-state index is 0.0881. The van der Waals surface area contributed by atoms with Gasteiger partial charge in [0.2, 0.25) is 11.1 Å². The van der Waals surface area contributed by atoms with Crippen LogP contribution in [0.4, 0.5) is 14.6 Å². The number of allylic oxidation sites excluding steroid dienone is 2. The molecule has 1 aromatic carbocycles. The molecule has 7 N–H and O–H groups in total. The molecule has 23 nitrogen and oxygen atoms in total. The van der Waals surface area contributed by atoms with Crippen LogP contribution in [0.1, 0.15) is 85.4 Å². The van der Waals surface area contributed by atoms with Gasteiger partial charge in [0, 0.05) is 113 Å². The first kappa shape index (κ1) is 58.6. The highest BCUT2D eigenvalue weighted by Crippen LogP contribution is 2.47. The molecule has 0 saturated carbocycles. The second-order valence-corrected chi connectivity index (χ2v) is 20.0. The largest absolute Gasteiger partial charge is 0.737 e. The third-order valence-corrected chi connectivity index (χ3v) is 14.9. The second-order valence-electron chi connectivity index (χ2n) is 18.9. The number of amides is 2. The Hall–Kier alpha value is -6.68. The van der Waals surface area contributed by atoms with Crippen molar-refractivity contribution in [1.29, 1.82) is 0 Å². The number of carbonyl (C=O) groups excluding carboxylic acids is 2. The number of hydrogen-bond donors (Lipinski definition) is 7. The van der Waals surface area contributed by atoms with Crippen LogP contribution < -0.4 is 16.0 Å². The van der Waals surface area contributed by atoms with E-state index in [0.717, 1.165) is 27.8 Å². The number of aromatic nitrogens is 5. The first-order valence-electron chi connectivity index (χ1n) is 25.4. The molecule has 5 heterocycles. The summed E-state index contributed by atoms with van der Waals surface area (Å²) in [6.07, 6.45) is 0.976. The number of carboxylic acid groups (broad SMARTS) is 4. The lowest BCUT2D eigenvalue weighted by Gasteiger charge is -2.35. The maximum atomic E-state index is 16.6. The zero-order valence-corrected chi connectivity index (χ0v) is 44.6. The topological polar surface area (TPSA) is 292 Å². The Morgan fingerprint density at radius 1 is 0.737 bits per heavy atom. The molecule has 3 aliphatic rings. The first-order chi connectivity index (χ1) is 36.2. The Kier molecular flexibility index (Phi) is 20.3. The molecule has 2 amide bonds. The molecule has 0 radical (unpaired) electrons. The third kappa shape index (κ3) is 14.2. The summed E-state index contributed by atoms with van der Waals surface area (Å²) < 4.78 is 35.7. The minimum Gasteiger partial charge on any atom is -0.480 e. The van der Waals surface area contributed by atoms with Crippen LogP contribution in [0.3, 0.4) is 0 Å². The normalized spacial score (nSPS) is 17.4. The molecule has 2 aromatic heterocycles. The first-order valence-corrected chi connectivity index (χ1v) is 26.3. The van der Waals surface area contributed by atoms with Crippen molar-refractivity contribution in [1.82, 2.24) is 55.1 Å². The smallest absolute Gasteiger partial charge is 0.480 e. The minimum atomic E-state index is -4.16. The summed E-state index contributed by atoms with van der Waals surface area (Å²) in [4.78, 5) is 79.9. The highest BCUT2D eigenvalue weighted by atomic mass is 32.2. The number of fused-ring (bicyclic) bond motifs is 2. The second kappa shape index (κ2) is 26.4. The monoisotopic (exact) mass is 1080 g/mol. The van der Waals surface area contributed by atoms with E-state index in [-0.39, 0.29) is 121 Å². The Bertz CT molecular complexity index is 2730. The van der Waals surface area contributed by atoms with Crippen LogP contribution in [0, 0.1) is 13.8 Å². The third-order valence-electron chi connectivity index (χ3n) is 14.1. The molecule has 0 spiro atoms. The number of anilines is 1. The van der Waals surface area contributed by atoms with Crippen molar-refractivity contribution in [3.8, 4) is 0 Å². The molecule has 3 aliphatic heterocycles. The van der Waals surface area contributed by atoms with Gasteiger partial charge < -0.3 is 54.0 Å². The van der Waals surface area contributed by atoms with Crippen molar-refractivity contribution in [2.24, 2.45) is 0 Å². The van der Waals surface area contributed by atoms with Crippen molar-refractivity contribution < 1.29 is 62.3 Å². The lowest BCUT2D eigenvalue weighted by atomic mass is 9.83. The predicted octanol–water partition coefficient (Wildman–Crippen LogP) is 2.22. The Morgan fingerprint density at radius 3 is 1.80 bits per heavy atom. The fourth-order valence-electron chi connectivity index (χ4n) is 10.4. The van der Waals surface area contributed by atoms with Crippen molar-refractivity contribution in [3.05, 3.63) is 74.8 Å². The average molecular weight is 1080 g/mol. The Labute approximate surface area is 443 Å². The van der Waals surface area contributed by atoms with Gasteiger partial charge in [0.15, 0.2) is 5.70 Å². The molecule has 1 atom stereocenters. The van der Waals surface area contributed by atoms with E-state index in [2.05, 4.69) is 36.3 Å². The van der Waals surface area contributed by atoms with Crippen molar-refractivity contribution in [2.75, 3.05) is 103 Å². The van der Waals surface area contributed by atoms with Gasteiger partial charge in [-0.05, 0) is 74.6 Å². The molecule has 1 fully saturated rings. The number of nitrogens with one attached hydrogen (secondary N) is 3. The molecule has 3 aromatic rings. The number of nitrogens with zero attached hydrogens (tertiary/aromatic N) is 10. The quantitative estimate of drug-likeness (QED) is 0.0407. The van der Waals surface area contributed by atoms with E-state index >= 15 is 8.63 Å². The molecule has 0 bridgehead atoms. The fraction of sp³-hybridized carbons (Fsp3) is 0.531. The molecule has 76 heavy (non-hydrogen) atoms. The molecule has 1 unspecified atom stereocenters. The van der Waals surface area contributed by atoms with E-state index in [1.165, 1.54) is 20.7 Å². The molecular formula is C49H68BF2N13O10S. The molecule has 27 heteroatoms. The molecule has 1 saturated heterocycles. The summed E-state index contributed by atoms with van der Waals surface area (Å²) >= 11 is 1.22. The van der Waals surface area contributed by atoms with E-state index in [1.807, 2.05) is 39.8 Å². The number of thioether (sulfide) groups is 1. The summed E-state index contributed by atoms with van der Waals surface area (Å²) in [7, 11) is 0. The maximum Gasteiger partial charge on any atom is 0.737 e. The van der Waals surface area contributed by atoms with Gasteiger partial charge in [0.25, 0.3) is 11.9 Å². The Balaban J connectivity index is 0.962. The van der Waals surface area contributed by atoms with Crippen LogP contribution in [0.2, 0.25) is 0 Å².